The maximum Gasteiger partial charge on any atom is 0.319 e. The predicted molar refractivity (Wildman–Crippen MR) is 103 cm³/mol. The fourth-order valence-corrected chi connectivity index (χ4v) is 3.32. The van der Waals surface area contributed by atoms with Gasteiger partial charge in [0.2, 0.25) is 12.7 Å². The number of methoxy groups -OCH3 is 1. The lowest BCUT2D eigenvalue weighted by Gasteiger charge is -2.17. The summed E-state index contributed by atoms with van der Waals surface area (Å²) in [6, 6.07) is 12.3. The largest absolute Gasteiger partial charge is 0.497 e. The van der Waals surface area contributed by atoms with Crippen molar-refractivity contribution in [3.05, 3.63) is 42.5 Å². The quantitative estimate of drug-likeness (QED) is 0.829. The van der Waals surface area contributed by atoms with Gasteiger partial charge in [-0.15, -0.1) is 0 Å². The van der Waals surface area contributed by atoms with Gasteiger partial charge in [-0.1, -0.05) is 0 Å². The van der Waals surface area contributed by atoms with E-state index in [2.05, 4.69) is 10.6 Å². The molecule has 0 saturated carbocycles. The summed E-state index contributed by atoms with van der Waals surface area (Å²) in [5, 5.41) is 5.59. The summed E-state index contributed by atoms with van der Waals surface area (Å²) in [6.45, 7) is 1.16. The minimum atomic E-state index is -0.325. The third-order valence-corrected chi connectivity index (χ3v) is 4.77. The molecule has 8 heteroatoms. The Hall–Kier alpha value is -3.42. The van der Waals surface area contributed by atoms with Crippen molar-refractivity contribution in [2.75, 3.05) is 37.2 Å². The summed E-state index contributed by atoms with van der Waals surface area (Å²) < 4.78 is 15.7. The molecule has 2 aliphatic rings. The van der Waals surface area contributed by atoms with Crippen LogP contribution >= 0.6 is 0 Å². The van der Waals surface area contributed by atoms with Gasteiger partial charge in [0.05, 0.1) is 7.11 Å². The highest BCUT2D eigenvalue weighted by molar-refractivity contribution is 5.96. The Balaban J connectivity index is 1.29. The average molecular weight is 383 g/mol. The minimum Gasteiger partial charge on any atom is -0.497 e. The Labute approximate surface area is 162 Å². The first-order valence-corrected chi connectivity index (χ1v) is 9.01. The monoisotopic (exact) mass is 383 g/mol. The van der Waals surface area contributed by atoms with Gasteiger partial charge in [-0.3, -0.25) is 4.79 Å². The molecule has 0 unspecified atom stereocenters. The summed E-state index contributed by atoms with van der Waals surface area (Å²) in [7, 11) is 1.60. The van der Waals surface area contributed by atoms with E-state index in [1.807, 2.05) is 24.3 Å². The highest BCUT2D eigenvalue weighted by atomic mass is 16.7. The Bertz CT molecular complexity index is 884. The van der Waals surface area contributed by atoms with Crippen molar-refractivity contribution in [2.24, 2.45) is 5.92 Å². The summed E-state index contributed by atoms with van der Waals surface area (Å²) in [4.78, 5) is 26.2. The summed E-state index contributed by atoms with van der Waals surface area (Å²) in [5.41, 5.74) is 1.45. The fraction of sp³-hybridized carbons (Fsp3) is 0.300. The van der Waals surface area contributed by atoms with Gasteiger partial charge >= 0.3 is 6.03 Å². The molecule has 0 spiro atoms. The van der Waals surface area contributed by atoms with Crippen molar-refractivity contribution < 1.29 is 23.8 Å². The molecule has 2 aromatic carbocycles. The first-order valence-electron chi connectivity index (χ1n) is 9.01. The highest BCUT2D eigenvalue weighted by Gasteiger charge is 2.30. The van der Waals surface area contributed by atoms with E-state index in [9.17, 15) is 9.59 Å². The van der Waals surface area contributed by atoms with Gasteiger partial charge in [0.15, 0.2) is 11.5 Å². The zero-order valence-corrected chi connectivity index (χ0v) is 15.4. The van der Waals surface area contributed by atoms with Crippen LogP contribution in [0, 0.1) is 5.92 Å². The number of nitrogens with zero attached hydrogens (tertiary/aromatic N) is 1. The van der Waals surface area contributed by atoms with E-state index in [0.717, 1.165) is 11.4 Å². The van der Waals surface area contributed by atoms with Crippen LogP contribution in [0.1, 0.15) is 6.42 Å². The Morgan fingerprint density at radius 2 is 1.96 bits per heavy atom. The van der Waals surface area contributed by atoms with Crippen LogP contribution in [-0.4, -0.2) is 38.9 Å². The highest BCUT2D eigenvalue weighted by Crippen LogP contribution is 2.34. The number of amides is 3. The zero-order chi connectivity index (χ0) is 19.5. The predicted octanol–water partition coefficient (Wildman–Crippen LogP) is 2.60. The van der Waals surface area contributed by atoms with E-state index in [-0.39, 0.29) is 24.6 Å². The molecule has 4 rings (SSSR count). The van der Waals surface area contributed by atoms with Crippen molar-refractivity contribution in [1.82, 2.24) is 5.32 Å². The van der Waals surface area contributed by atoms with Crippen LogP contribution in [0.15, 0.2) is 42.5 Å². The maximum absolute atomic E-state index is 12.3. The third-order valence-electron chi connectivity index (χ3n) is 4.77. The fourth-order valence-electron chi connectivity index (χ4n) is 3.32. The number of benzene rings is 2. The number of anilines is 2. The molecule has 1 atom stereocenters. The molecule has 0 bridgehead atoms. The average Bonchev–Trinajstić information content (AvgIpc) is 3.32. The van der Waals surface area contributed by atoms with Gasteiger partial charge in [-0.25, -0.2) is 4.79 Å². The normalized spacial score (nSPS) is 17.5. The lowest BCUT2D eigenvalue weighted by Crippen LogP contribution is -2.34. The van der Waals surface area contributed by atoms with Gasteiger partial charge in [0, 0.05) is 42.9 Å². The number of hydrogen-bond acceptors (Lipinski definition) is 5. The van der Waals surface area contributed by atoms with E-state index in [1.165, 1.54) is 0 Å². The third kappa shape index (κ3) is 3.80. The number of ether oxygens (including phenoxy) is 3. The van der Waals surface area contributed by atoms with Crippen molar-refractivity contribution in [3.63, 3.8) is 0 Å². The summed E-state index contributed by atoms with van der Waals surface area (Å²) >= 11 is 0. The molecule has 2 heterocycles. The molecule has 1 fully saturated rings. The van der Waals surface area contributed by atoms with Crippen LogP contribution in [-0.2, 0) is 4.79 Å². The molecule has 1 saturated heterocycles. The molecule has 2 N–H and O–H groups in total. The Morgan fingerprint density at radius 3 is 2.75 bits per heavy atom. The Kier molecular flexibility index (Phi) is 4.92. The van der Waals surface area contributed by atoms with Gasteiger partial charge < -0.3 is 29.7 Å². The van der Waals surface area contributed by atoms with Crippen LogP contribution < -0.4 is 29.7 Å². The van der Waals surface area contributed by atoms with Gasteiger partial charge in [0.1, 0.15) is 5.75 Å². The van der Waals surface area contributed by atoms with Crippen molar-refractivity contribution in [3.8, 4) is 17.2 Å². The standard InChI is InChI=1S/C20H21N3O5/c1-26-16-5-3-15(4-6-16)23-11-13(8-19(23)24)10-21-20(25)22-14-2-7-17-18(9-14)28-12-27-17/h2-7,9,13H,8,10-12H2,1H3,(H2,21,22,25)/t13-/m1/s1. The molecule has 2 aromatic rings. The molecule has 3 amide bonds. The van der Waals surface area contributed by atoms with Gasteiger partial charge in [-0.05, 0) is 36.4 Å². The smallest absolute Gasteiger partial charge is 0.319 e. The molecule has 2 aliphatic heterocycles. The molecular formula is C20H21N3O5. The summed E-state index contributed by atoms with van der Waals surface area (Å²) in [5.74, 6) is 2.11. The first kappa shape index (κ1) is 18.0. The van der Waals surface area contributed by atoms with E-state index >= 15 is 0 Å². The number of carbonyl (C=O) groups is 2. The second-order valence-corrected chi connectivity index (χ2v) is 6.68. The zero-order valence-electron chi connectivity index (χ0n) is 15.4. The van der Waals surface area contributed by atoms with Crippen LogP contribution in [0.25, 0.3) is 0 Å². The molecule has 0 radical (unpaired) electrons. The SMILES string of the molecule is COc1ccc(N2C[C@@H](CNC(=O)Nc3ccc4c(c3)OCO4)CC2=O)cc1. The van der Waals surface area contributed by atoms with Crippen LogP contribution in [0.3, 0.4) is 0 Å². The number of nitrogens with one attached hydrogen (secondary N) is 2. The van der Waals surface area contributed by atoms with Crippen molar-refractivity contribution in [1.29, 1.82) is 0 Å². The van der Waals surface area contributed by atoms with Gasteiger partial charge in [0.25, 0.3) is 0 Å². The number of fused-ring (bicyclic) bond motifs is 1. The molecule has 8 nitrogen and oxygen atoms in total. The van der Waals surface area contributed by atoms with Crippen molar-refractivity contribution in [2.45, 2.75) is 6.42 Å². The second-order valence-electron chi connectivity index (χ2n) is 6.68. The maximum atomic E-state index is 12.3. The number of rotatable bonds is 5. The number of urea groups is 1. The van der Waals surface area contributed by atoms with Crippen molar-refractivity contribution >= 4 is 23.3 Å². The molecule has 0 aliphatic carbocycles. The van der Waals surface area contributed by atoms with E-state index < -0.39 is 0 Å². The van der Waals surface area contributed by atoms with Crippen LogP contribution in [0.5, 0.6) is 17.2 Å². The lowest BCUT2D eigenvalue weighted by molar-refractivity contribution is -0.117. The number of carbonyl (C=O) groups excluding carboxylic acids is 2. The molecular weight excluding hydrogens is 362 g/mol. The first-order chi connectivity index (χ1) is 13.6. The number of hydrogen-bond donors (Lipinski definition) is 2. The van der Waals surface area contributed by atoms with Crippen LogP contribution in [0.4, 0.5) is 16.2 Å². The minimum absolute atomic E-state index is 0.0492. The summed E-state index contributed by atoms with van der Waals surface area (Å²) in [6.07, 6.45) is 0.399. The van der Waals surface area contributed by atoms with E-state index in [0.29, 0.717) is 36.7 Å². The topological polar surface area (TPSA) is 89.1 Å². The van der Waals surface area contributed by atoms with Crippen LogP contribution in [0.2, 0.25) is 0 Å². The van der Waals surface area contributed by atoms with E-state index in [1.54, 1.807) is 30.2 Å². The molecule has 146 valence electrons. The second kappa shape index (κ2) is 7.67. The Morgan fingerprint density at radius 1 is 1.18 bits per heavy atom. The molecule has 0 aromatic heterocycles. The lowest BCUT2D eigenvalue weighted by atomic mass is 10.1. The molecule has 28 heavy (non-hydrogen) atoms. The van der Waals surface area contributed by atoms with E-state index in [4.69, 9.17) is 14.2 Å². The van der Waals surface area contributed by atoms with Gasteiger partial charge in [-0.2, -0.15) is 0 Å².